The number of alkyl halides is 1. The molecule has 14 heavy (non-hydrogen) atoms. The summed E-state index contributed by atoms with van der Waals surface area (Å²) in [6, 6.07) is 0. The molecule has 3 atom stereocenters. The molecule has 0 aromatic carbocycles. The summed E-state index contributed by atoms with van der Waals surface area (Å²) in [6.07, 6.45) is -0.162. The van der Waals surface area contributed by atoms with E-state index in [1.807, 2.05) is 0 Å². The first-order chi connectivity index (χ1) is 6.51. The van der Waals surface area contributed by atoms with Gasteiger partial charge in [-0.05, 0) is 13.8 Å². The van der Waals surface area contributed by atoms with Crippen LogP contribution in [0.15, 0.2) is 0 Å². The number of hydrogen-bond donors (Lipinski definition) is 0. The molecule has 1 fully saturated rings. The van der Waals surface area contributed by atoms with Crippen LogP contribution in [0.4, 0.5) is 0 Å². The second kappa shape index (κ2) is 4.33. The van der Waals surface area contributed by atoms with E-state index in [4.69, 9.17) is 30.5 Å². The van der Waals surface area contributed by atoms with Crippen molar-refractivity contribution in [1.82, 2.24) is 0 Å². The third kappa shape index (κ3) is 1.90. The van der Waals surface area contributed by atoms with Gasteiger partial charge in [0.15, 0.2) is 0 Å². The van der Waals surface area contributed by atoms with E-state index >= 15 is 0 Å². The summed E-state index contributed by atoms with van der Waals surface area (Å²) in [5, 5.41) is 0. The van der Waals surface area contributed by atoms with Crippen LogP contribution in [0.5, 0.6) is 0 Å². The van der Waals surface area contributed by atoms with Gasteiger partial charge in [0.25, 0.3) is 0 Å². The molecular weight excluding hydrogens is 208 g/mol. The van der Waals surface area contributed by atoms with Gasteiger partial charge < -0.3 is 18.9 Å². The van der Waals surface area contributed by atoms with Gasteiger partial charge in [-0.3, -0.25) is 0 Å². The van der Waals surface area contributed by atoms with E-state index in [-0.39, 0.29) is 6.10 Å². The number of halogens is 1. The van der Waals surface area contributed by atoms with Crippen molar-refractivity contribution in [3.05, 3.63) is 0 Å². The summed E-state index contributed by atoms with van der Waals surface area (Å²) in [4.78, 5) is 0. The van der Waals surface area contributed by atoms with Crippen molar-refractivity contribution in [2.75, 3.05) is 26.7 Å². The molecule has 0 spiro atoms. The summed E-state index contributed by atoms with van der Waals surface area (Å²) in [5.74, 6) is -1.46. The Morgan fingerprint density at radius 3 is 2.29 bits per heavy atom. The molecule has 1 heterocycles. The van der Waals surface area contributed by atoms with Crippen LogP contribution in [0, 0.1) is 0 Å². The van der Waals surface area contributed by atoms with Crippen LogP contribution in [-0.2, 0) is 18.9 Å². The molecule has 0 aliphatic carbocycles. The average Bonchev–Trinajstić information content (AvgIpc) is 2.22. The Balaban J connectivity index is 2.81. The summed E-state index contributed by atoms with van der Waals surface area (Å²) < 4.78 is 21.8. The molecule has 4 nitrogen and oxygen atoms in total. The minimum Gasteiger partial charge on any atom is -0.349 e. The predicted octanol–water partition coefficient (Wildman–Crippen LogP) is 1.37. The maximum Gasteiger partial charge on any atom is 0.220 e. The van der Waals surface area contributed by atoms with Crippen LogP contribution < -0.4 is 0 Å². The Labute approximate surface area is 89.4 Å². The van der Waals surface area contributed by atoms with E-state index in [1.54, 1.807) is 28.1 Å². The summed E-state index contributed by atoms with van der Waals surface area (Å²) in [7, 11) is 3.11. The summed E-state index contributed by atoms with van der Waals surface area (Å²) in [5.41, 5.74) is 0. The zero-order valence-electron chi connectivity index (χ0n) is 9.00. The largest absolute Gasteiger partial charge is 0.349 e. The Hall–Kier alpha value is 0.130. The lowest BCUT2D eigenvalue weighted by molar-refractivity contribution is -0.428. The van der Waals surface area contributed by atoms with E-state index in [1.165, 1.54) is 0 Å². The predicted molar refractivity (Wildman–Crippen MR) is 52.4 cm³/mol. The lowest BCUT2D eigenvalue weighted by atomic mass is 10.1. The fraction of sp³-hybridized carbons (Fsp3) is 1.00. The molecule has 0 aromatic rings. The second-order valence-electron chi connectivity index (χ2n) is 3.50. The first-order valence-corrected chi connectivity index (χ1v) is 5.03. The highest BCUT2D eigenvalue weighted by molar-refractivity contribution is 6.18. The molecule has 0 unspecified atom stereocenters. The smallest absolute Gasteiger partial charge is 0.220 e. The average molecular weight is 225 g/mol. The second-order valence-corrected chi connectivity index (χ2v) is 3.81. The quantitative estimate of drug-likeness (QED) is 0.679. The van der Waals surface area contributed by atoms with E-state index in [2.05, 4.69) is 0 Å². The van der Waals surface area contributed by atoms with E-state index in [0.717, 1.165) is 0 Å². The van der Waals surface area contributed by atoms with Crippen molar-refractivity contribution in [3.8, 4) is 0 Å². The molecule has 0 N–H and O–H groups in total. The maximum atomic E-state index is 5.70. The Morgan fingerprint density at radius 2 is 1.86 bits per heavy atom. The summed E-state index contributed by atoms with van der Waals surface area (Å²) >= 11 is 5.70. The van der Waals surface area contributed by atoms with Gasteiger partial charge >= 0.3 is 0 Å². The molecule has 1 aliphatic rings. The van der Waals surface area contributed by atoms with Crippen LogP contribution in [0.3, 0.4) is 0 Å². The van der Waals surface area contributed by atoms with Gasteiger partial charge in [-0.15, -0.1) is 11.6 Å². The minimum absolute atomic E-state index is 0.162. The van der Waals surface area contributed by atoms with Crippen molar-refractivity contribution in [3.63, 3.8) is 0 Å². The zero-order chi connectivity index (χ0) is 10.8. The molecule has 0 saturated carbocycles. The standard InChI is InChI=1S/C9H17ClO4/c1-8(11-3)9(2,12-4)14-7(5-10)6-13-8/h7H,5-6H2,1-4H3/t7-,8+,9+/m1/s1. The Morgan fingerprint density at radius 1 is 1.29 bits per heavy atom. The van der Waals surface area contributed by atoms with E-state index < -0.39 is 11.6 Å². The molecule has 84 valence electrons. The molecule has 0 amide bonds. The molecule has 1 rings (SSSR count). The third-order valence-corrected chi connectivity index (χ3v) is 3.06. The van der Waals surface area contributed by atoms with Crippen LogP contribution in [-0.4, -0.2) is 44.4 Å². The van der Waals surface area contributed by atoms with Gasteiger partial charge in [0, 0.05) is 14.2 Å². The molecule has 0 aromatic heterocycles. The normalized spacial score (nSPS) is 43.9. The molecular formula is C9H17ClO4. The van der Waals surface area contributed by atoms with Crippen LogP contribution in [0.2, 0.25) is 0 Å². The fourth-order valence-corrected chi connectivity index (χ4v) is 1.55. The van der Waals surface area contributed by atoms with Crippen molar-refractivity contribution < 1.29 is 18.9 Å². The molecule has 1 saturated heterocycles. The third-order valence-electron chi connectivity index (χ3n) is 2.71. The first-order valence-electron chi connectivity index (χ1n) is 4.49. The number of rotatable bonds is 3. The topological polar surface area (TPSA) is 36.9 Å². The van der Waals surface area contributed by atoms with Gasteiger partial charge in [0.2, 0.25) is 11.6 Å². The van der Waals surface area contributed by atoms with Crippen LogP contribution >= 0.6 is 11.6 Å². The number of hydrogen-bond acceptors (Lipinski definition) is 4. The zero-order valence-corrected chi connectivity index (χ0v) is 9.76. The Kier molecular flexibility index (Phi) is 3.77. The lowest BCUT2D eigenvalue weighted by Gasteiger charge is -2.48. The first kappa shape index (κ1) is 12.2. The molecule has 0 radical (unpaired) electrons. The monoisotopic (exact) mass is 224 g/mol. The van der Waals surface area contributed by atoms with Crippen molar-refractivity contribution >= 4 is 11.6 Å². The van der Waals surface area contributed by atoms with Crippen molar-refractivity contribution in [2.24, 2.45) is 0 Å². The van der Waals surface area contributed by atoms with E-state index in [0.29, 0.717) is 12.5 Å². The van der Waals surface area contributed by atoms with E-state index in [9.17, 15) is 0 Å². The molecule has 1 aliphatic heterocycles. The highest BCUT2D eigenvalue weighted by Gasteiger charge is 2.53. The van der Waals surface area contributed by atoms with Gasteiger partial charge in [-0.2, -0.15) is 0 Å². The van der Waals surface area contributed by atoms with Gasteiger partial charge in [0.1, 0.15) is 0 Å². The van der Waals surface area contributed by atoms with Crippen LogP contribution in [0.25, 0.3) is 0 Å². The highest BCUT2D eigenvalue weighted by atomic mass is 35.5. The van der Waals surface area contributed by atoms with Gasteiger partial charge in [-0.1, -0.05) is 0 Å². The molecule has 5 heteroatoms. The minimum atomic E-state index is -0.931. The fourth-order valence-electron chi connectivity index (χ4n) is 1.40. The van der Waals surface area contributed by atoms with Crippen LogP contribution in [0.1, 0.15) is 13.8 Å². The van der Waals surface area contributed by atoms with Crippen molar-refractivity contribution in [2.45, 2.75) is 31.5 Å². The number of ether oxygens (including phenoxy) is 4. The number of methoxy groups -OCH3 is 2. The van der Waals surface area contributed by atoms with Crippen molar-refractivity contribution in [1.29, 1.82) is 0 Å². The Bertz CT molecular complexity index is 201. The summed E-state index contributed by atoms with van der Waals surface area (Å²) in [6.45, 7) is 3.96. The SMILES string of the molecule is CO[C@@]1(C)OC[C@@H](CCl)O[C@]1(C)OC. The lowest BCUT2D eigenvalue weighted by Crippen LogP contribution is -2.62. The van der Waals surface area contributed by atoms with Gasteiger partial charge in [-0.25, -0.2) is 0 Å². The van der Waals surface area contributed by atoms with Gasteiger partial charge in [0.05, 0.1) is 18.6 Å². The highest BCUT2D eigenvalue weighted by Crippen LogP contribution is 2.36. The molecule has 0 bridgehead atoms. The maximum absolute atomic E-state index is 5.70.